The van der Waals surface area contributed by atoms with E-state index in [1.807, 2.05) is 0 Å². The largest absolute Gasteiger partial charge is 0.505 e. The number of phenols is 1. The Labute approximate surface area is 343 Å². The Morgan fingerprint density at radius 1 is 0.812 bits per heavy atom. The molecule has 0 atom stereocenters. The number of azo groups is 1. The summed E-state index contributed by atoms with van der Waals surface area (Å²) in [6.07, 6.45) is -1.24. The second-order valence-corrected chi connectivity index (χ2v) is 13.8. The number of anilines is 2. The normalized spacial score (nSPS) is 12.0. The number of benzene rings is 4. The van der Waals surface area contributed by atoms with Crippen LogP contribution in [0.3, 0.4) is 0 Å². The Kier molecular flexibility index (Phi) is 14.2. The van der Waals surface area contributed by atoms with Gasteiger partial charge in [-0.15, -0.1) is 10.2 Å². The molecule has 5 N–H and O–H groups in total. The minimum absolute atomic E-state index is 0. The first-order chi connectivity index (χ1) is 20.9. The van der Waals surface area contributed by atoms with Gasteiger partial charge < -0.3 is 10.4 Å². The van der Waals surface area contributed by atoms with Gasteiger partial charge in [0.05, 0.1) is 16.3 Å². The number of aryl methyl sites for hydroxylation is 1. The van der Waals surface area contributed by atoms with Crippen molar-refractivity contribution in [1.82, 2.24) is 9.97 Å². The van der Waals surface area contributed by atoms with E-state index >= 15 is 0 Å². The van der Waals surface area contributed by atoms with Crippen molar-refractivity contribution in [2.75, 3.05) is 5.32 Å². The molecule has 1 aromatic heterocycles. The number of aromatic hydroxyl groups is 1. The predicted octanol–water partition coefficient (Wildman–Crippen LogP) is 4.35. The molecule has 0 saturated carbocycles. The van der Waals surface area contributed by atoms with Crippen molar-refractivity contribution in [2.24, 2.45) is 10.2 Å². The molecule has 3 radical (unpaired) electrons. The number of nitrogens with zero attached hydrogens (tertiary/aromatic N) is 4. The van der Waals surface area contributed by atoms with Gasteiger partial charge in [0, 0.05) is 99.4 Å². The van der Waals surface area contributed by atoms with Gasteiger partial charge in [-0.05, 0) is 42.0 Å². The van der Waals surface area contributed by atoms with Crippen LogP contribution in [0.25, 0.3) is 21.5 Å². The van der Waals surface area contributed by atoms with E-state index < -0.39 is 90.5 Å². The SMILES string of the molecule is Cc1nc(F)nc(Nc2cc(S(=O)(=O)O)cc3cc(S(=O)(=O)O)c(N=Nc4ccc5ccccc5c4S(=O)(=O)O)c(O)c23)c1Cl.[Na].[Na].[Na]. The predicted molar refractivity (Wildman–Crippen MR) is 175 cm³/mol. The smallest absolute Gasteiger partial charge is 0.310 e. The molecule has 0 spiro atoms. The fourth-order valence-electron chi connectivity index (χ4n) is 4.42. The number of fused-ring (bicyclic) bond motifs is 2. The molecule has 0 unspecified atom stereocenters. The molecule has 0 aliphatic rings. The fraction of sp³-hybridized carbons (Fsp3) is 0.0400. The number of halogens is 2. The maximum Gasteiger partial charge on any atom is 0.310 e. The van der Waals surface area contributed by atoms with E-state index in [1.165, 1.54) is 25.1 Å². The second kappa shape index (κ2) is 15.9. The molecule has 23 heteroatoms. The average molecular weight is 767 g/mol. The monoisotopic (exact) mass is 766 g/mol. The zero-order chi connectivity index (χ0) is 33.1. The van der Waals surface area contributed by atoms with Gasteiger partial charge in [-0.25, -0.2) is 4.98 Å². The summed E-state index contributed by atoms with van der Waals surface area (Å²) in [4.78, 5) is 4.29. The van der Waals surface area contributed by atoms with Crippen LogP contribution in [0.15, 0.2) is 79.5 Å². The molecule has 0 bridgehead atoms. The maximum atomic E-state index is 14.0. The molecule has 5 rings (SSSR count). The third kappa shape index (κ3) is 8.91. The van der Waals surface area contributed by atoms with E-state index in [1.54, 1.807) is 12.1 Å². The van der Waals surface area contributed by atoms with Crippen molar-refractivity contribution in [3.8, 4) is 5.75 Å². The summed E-state index contributed by atoms with van der Waals surface area (Å²) in [5.74, 6) is -1.49. The van der Waals surface area contributed by atoms with Gasteiger partial charge in [0.25, 0.3) is 30.4 Å². The van der Waals surface area contributed by atoms with Gasteiger partial charge in [-0.3, -0.25) is 13.7 Å². The standard InChI is InChI=1S/C25H17ClFN5O10S3.3Na/c1-11-20(26)24(30-25(27)28-11)29-17-10-14(43(34,35)36)8-13-9-18(44(37,38)39)21(22(33)19(13)17)32-31-16-7-6-12-4-2-3-5-15(12)23(16)45(40,41)42;;;/h2-10,33H,1H3,(H,28,29,30)(H,34,35,36)(H,37,38,39)(H,40,41,42);;;. The molecule has 0 aliphatic heterocycles. The van der Waals surface area contributed by atoms with Gasteiger partial charge in [0.15, 0.2) is 11.6 Å². The minimum atomic E-state index is -5.27. The van der Waals surface area contributed by atoms with Crippen molar-refractivity contribution in [3.63, 3.8) is 0 Å². The molecule has 0 aliphatic carbocycles. The Morgan fingerprint density at radius 3 is 2.06 bits per heavy atom. The van der Waals surface area contributed by atoms with Crippen molar-refractivity contribution in [2.45, 2.75) is 21.6 Å². The van der Waals surface area contributed by atoms with Crippen molar-refractivity contribution in [3.05, 3.63) is 71.4 Å². The number of hydrogen-bond acceptors (Lipinski definition) is 12. The molecular weight excluding hydrogens is 750 g/mol. The summed E-state index contributed by atoms with van der Waals surface area (Å²) in [6, 6.07) is 10.8. The molecule has 0 saturated heterocycles. The van der Waals surface area contributed by atoms with Gasteiger partial charge in [-0.2, -0.15) is 34.6 Å². The van der Waals surface area contributed by atoms with Crippen LogP contribution in [-0.4, -0.2) is 143 Å². The zero-order valence-electron chi connectivity index (χ0n) is 25.2. The third-order valence-corrected chi connectivity index (χ3v) is 9.41. The van der Waals surface area contributed by atoms with Gasteiger partial charge in [0.2, 0.25) is 0 Å². The zero-order valence-corrected chi connectivity index (χ0v) is 34.4. The van der Waals surface area contributed by atoms with Gasteiger partial charge in [0.1, 0.15) is 26.2 Å². The van der Waals surface area contributed by atoms with Crippen LogP contribution < -0.4 is 5.32 Å². The van der Waals surface area contributed by atoms with E-state index in [0.29, 0.717) is 11.5 Å². The van der Waals surface area contributed by atoms with Crippen molar-refractivity contribution >= 4 is 175 Å². The number of rotatable bonds is 7. The molecule has 0 amide bonds. The summed E-state index contributed by atoms with van der Waals surface area (Å²) in [5, 5.41) is 20.6. The van der Waals surface area contributed by atoms with Crippen LogP contribution in [0.5, 0.6) is 5.75 Å². The van der Waals surface area contributed by atoms with Crippen molar-refractivity contribution < 1.29 is 48.4 Å². The molecule has 5 aromatic rings. The van der Waals surface area contributed by atoms with E-state index in [4.69, 9.17) is 11.6 Å². The van der Waals surface area contributed by atoms with Crippen LogP contribution in [0, 0.1) is 13.0 Å². The molecular formula is C25H17ClFN5Na3O10S3. The number of phenolic OH excluding ortho intramolecular Hbond substituents is 1. The summed E-state index contributed by atoms with van der Waals surface area (Å²) in [6.45, 7) is 1.33. The van der Waals surface area contributed by atoms with E-state index in [0.717, 1.165) is 18.2 Å². The maximum absolute atomic E-state index is 14.0. The van der Waals surface area contributed by atoms with Crippen LogP contribution in [0.2, 0.25) is 5.02 Å². The minimum Gasteiger partial charge on any atom is -0.505 e. The first-order valence-electron chi connectivity index (χ1n) is 12.0. The van der Waals surface area contributed by atoms with Crippen LogP contribution in [-0.2, 0) is 30.4 Å². The summed E-state index contributed by atoms with van der Waals surface area (Å²) >= 11 is 6.16. The van der Waals surface area contributed by atoms with E-state index in [9.17, 15) is 48.4 Å². The number of nitrogens with one attached hydrogen (secondary N) is 1. The van der Waals surface area contributed by atoms with E-state index in [2.05, 4.69) is 25.5 Å². The van der Waals surface area contributed by atoms with Crippen LogP contribution in [0.1, 0.15) is 5.69 Å². The summed E-state index contributed by atoms with van der Waals surface area (Å²) in [7, 11) is -15.2. The average Bonchev–Trinajstić information content (AvgIpc) is 2.92. The Hall–Kier alpha value is -1.37. The van der Waals surface area contributed by atoms with Crippen LogP contribution >= 0.6 is 11.6 Å². The third-order valence-electron chi connectivity index (χ3n) is 6.32. The Balaban J connectivity index is 0.00000267. The Morgan fingerprint density at radius 2 is 1.46 bits per heavy atom. The van der Waals surface area contributed by atoms with E-state index in [-0.39, 0.29) is 105 Å². The number of aromatic nitrogens is 2. The molecule has 237 valence electrons. The number of hydrogen-bond donors (Lipinski definition) is 5. The quantitative estimate of drug-likeness (QED) is 0.0670. The molecule has 0 fully saturated rings. The summed E-state index contributed by atoms with van der Waals surface area (Å²) < 4.78 is 117. The summed E-state index contributed by atoms with van der Waals surface area (Å²) in [5.41, 5.74) is -1.92. The fourth-order valence-corrected chi connectivity index (χ4v) is 6.59. The van der Waals surface area contributed by atoms with Crippen LogP contribution in [0.4, 0.5) is 27.3 Å². The molecule has 4 aromatic carbocycles. The first-order valence-corrected chi connectivity index (χ1v) is 16.7. The molecule has 15 nitrogen and oxygen atoms in total. The Bertz CT molecular complexity index is 2460. The van der Waals surface area contributed by atoms with Gasteiger partial charge in [-0.1, -0.05) is 41.9 Å². The second-order valence-electron chi connectivity index (χ2n) is 9.27. The topological polar surface area (TPSA) is 246 Å². The molecule has 1 heterocycles. The van der Waals surface area contributed by atoms with Crippen molar-refractivity contribution in [1.29, 1.82) is 0 Å². The van der Waals surface area contributed by atoms with Gasteiger partial charge >= 0.3 is 6.08 Å². The first kappa shape index (κ1) is 42.8. The molecule has 48 heavy (non-hydrogen) atoms.